The van der Waals surface area contributed by atoms with Crippen molar-refractivity contribution in [2.24, 2.45) is 11.5 Å². The van der Waals surface area contributed by atoms with Crippen LogP contribution in [0.25, 0.3) is 0 Å². The number of rotatable bonds is 36. The number of aliphatic carboxylic acids is 1. The summed E-state index contributed by atoms with van der Waals surface area (Å²) in [6.07, 6.45) is 6.63. The smallest absolute Gasteiger partial charge is 0.335 e. The summed E-state index contributed by atoms with van der Waals surface area (Å²) in [7, 11) is 0. The van der Waals surface area contributed by atoms with Gasteiger partial charge in [0.25, 0.3) is 0 Å². The fourth-order valence-corrected chi connectivity index (χ4v) is 5.66. The van der Waals surface area contributed by atoms with Gasteiger partial charge in [-0.3, -0.25) is 38.8 Å². The summed E-state index contributed by atoms with van der Waals surface area (Å²) in [4.78, 5) is 101. The maximum absolute atomic E-state index is 13.4. The van der Waals surface area contributed by atoms with E-state index in [1.54, 1.807) is 0 Å². The monoisotopic (exact) mass is 875 g/mol. The topological polar surface area (TPSA) is 385 Å². The predicted octanol–water partition coefficient (Wildman–Crippen LogP) is -3.88. The molecule has 0 fully saturated rings. The molecule has 0 aromatic heterocycles. The number of aliphatic hydroxyl groups excluding tert-OH is 4. The maximum atomic E-state index is 13.4. The second kappa shape index (κ2) is 33.9. The van der Waals surface area contributed by atoms with Crippen LogP contribution in [0.15, 0.2) is 12.2 Å². The Balaban J connectivity index is 5.64. The minimum Gasteiger partial charge on any atom is -0.479 e. The van der Waals surface area contributed by atoms with Crippen molar-refractivity contribution in [2.75, 3.05) is 39.4 Å². The van der Waals surface area contributed by atoms with Crippen molar-refractivity contribution in [1.29, 1.82) is 0 Å². The summed E-state index contributed by atoms with van der Waals surface area (Å²) in [5.74, 6) is -7.95. The zero-order chi connectivity index (χ0) is 46.2. The van der Waals surface area contributed by atoms with E-state index >= 15 is 0 Å². The molecule has 2 unspecified atom stereocenters. The van der Waals surface area contributed by atoms with Crippen LogP contribution >= 0.6 is 0 Å². The first-order chi connectivity index (χ1) is 29.1. The molecule has 16 N–H and O–H groups in total. The highest BCUT2D eigenvalue weighted by Crippen LogP contribution is 2.07. The first kappa shape index (κ1) is 56.2. The van der Waals surface area contributed by atoms with Gasteiger partial charge in [0.15, 0.2) is 6.10 Å². The molecule has 7 amide bonds. The highest BCUT2D eigenvalue weighted by atomic mass is 16.5. The Morgan fingerprint density at radius 1 is 0.672 bits per heavy atom. The second-order valence-electron chi connectivity index (χ2n) is 14.3. The molecule has 0 bridgehead atoms. The molecule has 0 aliphatic rings. The zero-order valence-corrected chi connectivity index (χ0v) is 35.0. The molecule has 350 valence electrons. The van der Waals surface area contributed by atoms with Crippen LogP contribution in [0, 0.1) is 0 Å². The third-order valence-electron chi connectivity index (χ3n) is 9.20. The van der Waals surface area contributed by atoms with Crippen molar-refractivity contribution in [2.45, 2.75) is 139 Å². The number of carboxylic acid groups (broad SMARTS) is 1. The molecule has 23 heteroatoms. The minimum absolute atomic E-state index is 0.0426. The van der Waals surface area contributed by atoms with Crippen molar-refractivity contribution >= 4 is 47.8 Å². The van der Waals surface area contributed by atoms with Gasteiger partial charge >= 0.3 is 5.97 Å². The van der Waals surface area contributed by atoms with Gasteiger partial charge in [-0.1, -0.05) is 38.3 Å². The molecular weight excluding hydrogens is 806 g/mol. The number of hydroxylamine groups is 2. The van der Waals surface area contributed by atoms with Crippen molar-refractivity contribution in [1.82, 2.24) is 37.0 Å². The largest absolute Gasteiger partial charge is 0.479 e. The van der Waals surface area contributed by atoms with Crippen LogP contribution in [0.4, 0.5) is 0 Å². The number of carbonyl (C=O) groups is 8. The fraction of sp³-hybridized carbons (Fsp3) is 0.737. The number of carbonyl (C=O) groups excluding carboxylic acids is 7. The van der Waals surface area contributed by atoms with Gasteiger partial charge in [-0.05, 0) is 70.9 Å². The molecule has 0 saturated carbocycles. The van der Waals surface area contributed by atoms with E-state index in [0.717, 1.165) is 25.7 Å². The molecule has 0 rings (SSSR count). The van der Waals surface area contributed by atoms with Crippen LogP contribution < -0.4 is 43.4 Å². The predicted molar refractivity (Wildman–Crippen MR) is 219 cm³/mol. The Morgan fingerprint density at radius 2 is 1.31 bits per heavy atom. The number of hydrogen-bond acceptors (Lipinski definition) is 15. The van der Waals surface area contributed by atoms with Crippen LogP contribution in [-0.2, 0) is 38.4 Å². The lowest BCUT2D eigenvalue weighted by atomic mass is 10.1. The van der Waals surface area contributed by atoms with E-state index in [2.05, 4.69) is 39.6 Å². The van der Waals surface area contributed by atoms with Crippen molar-refractivity contribution in [3.63, 3.8) is 0 Å². The van der Waals surface area contributed by atoms with Gasteiger partial charge in [-0.2, -0.15) is 0 Å². The van der Waals surface area contributed by atoms with E-state index in [1.807, 2.05) is 11.4 Å². The summed E-state index contributed by atoms with van der Waals surface area (Å²) < 4.78 is 0. The molecule has 23 nitrogen and oxygen atoms in total. The Morgan fingerprint density at radius 3 is 1.90 bits per heavy atom. The Bertz CT molecular complexity index is 1380. The molecule has 0 spiro atoms. The van der Waals surface area contributed by atoms with Crippen LogP contribution in [0.2, 0.25) is 0 Å². The number of allylic oxidation sites excluding steroid dienone is 2. The quantitative estimate of drug-likeness (QED) is 0.00941. The summed E-state index contributed by atoms with van der Waals surface area (Å²) >= 11 is 0. The lowest BCUT2D eigenvalue weighted by Gasteiger charge is -2.27. The number of amides is 7. The van der Waals surface area contributed by atoms with E-state index in [-0.39, 0.29) is 51.7 Å². The summed E-state index contributed by atoms with van der Waals surface area (Å²) in [5, 5.41) is 73.5. The van der Waals surface area contributed by atoms with E-state index in [9.17, 15) is 69.1 Å². The molecule has 0 radical (unpaired) electrons. The van der Waals surface area contributed by atoms with Gasteiger partial charge in [0.2, 0.25) is 41.9 Å². The molecule has 0 aromatic carbocycles. The van der Waals surface area contributed by atoms with Crippen molar-refractivity contribution in [3.05, 3.63) is 12.2 Å². The Labute approximate surface area is 355 Å². The first-order valence-corrected chi connectivity index (χ1v) is 20.6. The van der Waals surface area contributed by atoms with E-state index < -0.39 is 103 Å². The first-order valence-electron chi connectivity index (χ1n) is 20.6. The number of hydrogen-bond donors (Lipinski definition) is 14. The molecule has 7 atom stereocenters. The van der Waals surface area contributed by atoms with Gasteiger partial charge in [-0.25, -0.2) is 9.86 Å². The number of nitrogens with zero attached hydrogens (tertiary/aromatic N) is 1. The molecule has 0 heterocycles. The lowest BCUT2D eigenvalue weighted by Crippen LogP contribution is -2.62. The third-order valence-corrected chi connectivity index (χ3v) is 9.20. The van der Waals surface area contributed by atoms with Crippen LogP contribution in [0.3, 0.4) is 0 Å². The standard InChI is InChI=1S/C38H69N9O14/c1-2-3-4-5-6-7-8-9-10-15-30(52)42-27(22-48)29(51)21-31(53)43-28(23-49)36(57)46-32(33(54)38(59)60)37(58)45-26(16-18-40)35(56)44-25(14-13-20-47(61)24-50)34(55)41-19-12-11-17-39/h7-8,24-29,32-33,48-49,51,54,61H,2-6,9-23,39-40H2,1H3,(H,41,55)(H,42,52)(H,43,53)(H,44,56)(H,45,58)(H,46,57)(H,59,60)/t25-,26-,27?,28-,29?,32-,33+/m0/s1. The average Bonchev–Trinajstić information content (AvgIpc) is 3.23. The van der Waals surface area contributed by atoms with Crippen LogP contribution in [0.1, 0.15) is 96.8 Å². The third kappa shape index (κ3) is 24.9. The van der Waals surface area contributed by atoms with E-state index in [4.69, 9.17) is 11.5 Å². The van der Waals surface area contributed by atoms with Gasteiger partial charge in [0.05, 0.1) is 31.8 Å². The molecule has 0 aliphatic heterocycles. The highest BCUT2D eigenvalue weighted by molar-refractivity contribution is 5.98. The van der Waals surface area contributed by atoms with Gasteiger partial charge in [0.1, 0.15) is 24.2 Å². The number of unbranched alkanes of at least 4 members (excludes halogenated alkanes) is 6. The van der Waals surface area contributed by atoms with Gasteiger partial charge in [-0.15, -0.1) is 0 Å². The average molecular weight is 876 g/mol. The van der Waals surface area contributed by atoms with Crippen molar-refractivity contribution < 1.29 is 69.1 Å². The van der Waals surface area contributed by atoms with E-state index in [1.165, 1.54) is 6.42 Å². The molecule has 0 aromatic rings. The maximum Gasteiger partial charge on any atom is 0.335 e. The van der Waals surface area contributed by atoms with Gasteiger partial charge in [0, 0.05) is 19.5 Å². The van der Waals surface area contributed by atoms with Crippen LogP contribution in [0.5, 0.6) is 0 Å². The highest BCUT2D eigenvalue weighted by Gasteiger charge is 2.38. The molecule has 0 aliphatic carbocycles. The number of nitrogens with one attached hydrogen (secondary N) is 6. The molecular formula is C38H69N9O14. The summed E-state index contributed by atoms with van der Waals surface area (Å²) in [6, 6.07) is -8.29. The normalized spacial score (nSPS) is 14.6. The van der Waals surface area contributed by atoms with E-state index in [0.29, 0.717) is 37.3 Å². The van der Waals surface area contributed by atoms with Crippen molar-refractivity contribution in [3.8, 4) is 0 Å². The Kier molecular flexibility index (Phi) is 31.2. The SMILES string of the molecule is CCCCCCC=CCCCC(=O)NC(CO)C(O)CC(=O)N[C@@H](CO)C(=O)N[C@H](C(=O)N[C@@H](CCN)C(=O)N[C@@H](CCCN(O)C=O)C(=O)NCCCCN)[C@@H](O)C(=O)O. The zero-order valence-electron chi connectivity index (χ0n) is 35.0. The molecule has 0 saturated heterocycles. The summed E-state index contributed by atoms with van der Waals surface area (Å²) in [6.45, 7) is 0.422. The second-order valence-corrected chi connectivity index (χ2v) is 14.3. The van der Waals surface area contributed by atoms with Crippen LogP contribution in [-0.4, -0.2) is 165 Å². The summed E-state index contributed by atoms with van der Waals surface area (Å²) in [5.41, 5.74) is 11.1. The lowest BCUT2D eigenvalue weighted by molar-refractivity contribution is -0.152. The Hall–Kier alpha value is -4.78. The minimum atomic E-state index is -2.63. The number of aliphatic hydroxyl groups is 4. The van der Waals surface area contributed by atoms with Gasteiger partial charge < -0.3 is 68.9 Å². The fourth-order valence-electron chi connectivity index (χ4n) is 5.66. The number of carboxylic acids is 1. The number of nitrogens with two attached hydrogens (primary N) is 2. The molecule has 61 heavy (non-hydrogen) atoms.